The highest BCUT2D eigenvalue weighted by atomic mass is 28.4. The third-order valence-electron chi connectivity index (χ3n) is 6.48. The predicted octanol–water partition coefficient (Wildman–Crippen LogP) is 2.64. The minimum atomic E-state index is -2.56. The van der Waals surface area contributed by atoms with Gasteiger partial charge in [0.15, 0.2) is 0 Å². The molecule has 0 radical (unpaired) electrons. The Morgan fingerprint density at radius 1 is 0.947 bits per heavy atom. The van der Waals surface area contributed by atoms with Crippen LogP contribution in [0.15, 0.2) is 11.3 Å². The molecule has 0 heterocycles. The van der Waals surface area contributed by atoms with Crippen molar-refractivity contribution in [1.82, 2.24) is 0 Å². The number of allylic oxidation sites excluding steroid dienone is 2. The minimum absolute atomic E-state index is 0.691. The van der Waals surface area contributed by atoms with Crippen LogP contribution in [0.4, 0.5) is 0 Å². The Balaban J connectivity index is 1.69. The van der Waals surface area contributed by atoms with Gasteiger partial charge >= 0.3 is 8.80 Å². The maximum atomic E-state index is 5.73. The minimum Gasteiger partial charge on any atom is -0.374 e. The summed E-state index contributed by atoms with van der Waals surface area (Å²) >= 11 is 0. The fourth-order valence-corrected chi connectivity index (χ4v) is 8.41. The van der Waals surface area contributed by atoms with Crippen molar-refractivity contribution in [3.63, 3.8) is 0 Å². The Hall–Kier alpha value is -0.163. The van der Waals surface area contributed by atoms with Gasteiger partial charge in [0, 0.05) is 21.3 Å². The van der Waals surface area contributed by atoms with Crippen LogP contribution in [0.3, 0.4) is 0 Å². The van der Waals surface area contributed by atoms with Crippen molar-refractivity contribution in [3.05, 3.63) is 11.3 Å². The fourth-order valence-electron chi connectivity index (χ4n) is 6.02. The Labute approximate surface area is 116 Å². The Bertz CT molecular complexity index is 409. The molecule has 0 amide bonds. The lowest BCUT2D eigenvalue weighted by Crippen LogP contribution is -2.49. The molecule has 0 aromatic carbocycles. The van der Waals surface area contributed by atoms with E-state index in [-0.39, 0.29) is 0 Å². The van der Waals surface area contributed by atoms with Crippen molar-refractivity contribution in [2.45, 2.75) is 25.7 Å². The van der Waals surface area contributed by atoms with E-state index < -0.39 is 8.80 Å². The lowest BCUT2D eigenvalue weighted by atomic mass is 9.73. The SMILES string of the molecule is CO[Si](OC)(OC)C1=CC2CC1C1C3CCC(C3)C21. The van der Waals surface area contributed by atoms with Crippen molar-refractivity contribution in [2.75, 3.05) is 21.3 Å². The maximum absolute atomic E-state index is 5.73. The van der Waals surface area contributed by atoms with E-state index in [9.17, 15) is 0 Å². The number of hydrogen-bond donors (Lipinski definition) is 0. The topological polar surface area (TPSA) is 27.7 Å². The van der Waals surface area contributed by atoms with Crippen LogP contribution in [0.25, 0.3) is 0 Å². The van der Waals surface area contributed by atoms with Gasteiger partial charge in [-0.15, -0.1) is 0 Å². The lowest BCUT2D eigenvalue weighted by molar-refractivity contribution is 0.123. The third kappa shape index (κ3) is 1.43. The zero-order chi connectivity index (χ0) is 13.2. The third-order valence-corrected chi connectivity index (χ3v) is 9.34. The molecule has 3 fully saturated rings. The van der Waals surface area contributed by atoms with Crippen LogP contribution in [0.1, 0.15) is 25.7 Å². The maximum Gasteiger partial charge on any atom is 0.532 e. The average Bonchev–Trinajstić information content (AvgIpc) is 3.20. The van der Waals surface area contributed by atoms with Crippen LogP contribution in [0.2, 0.25) is 0 Å². The van der Waals surface area contributed by atoms with Gasteiger partial charge in [0.25, 0.3) is 0 Å². The highest BCUT2D eigenvalue weighted by Crippen LogP contribution is 2.67. The van der Waals surface area contributed by atoms with Crippen LogP contribution in [0, 0.1) is 35.5 Å². The summed E-state index contributed by atoms with van der Waals surface area (Å²) in [6.45, 7) is 0. The first kappa shape index (κ1) is 12.6. The van der Waals surface area contributed by atoms with Gasteiger partial charge in [-0.2, -0.15) is 0 Å². The second-order valence-electron chi connectivity index (χ2n) is 6.78. The van der Waals surface area contributed by atoms with Gasteiger partial charge < -0.3 is 13.3 Å². The smallest absolute Gasteiger partial charge is 0.374 e. The van der Waals surface area contributed by atoms with Crippen LogP contribution in [-0.2, 0) is 13.3 Å². The summed E-state index contributed by atoms with van der Waals surface area (Å²) in [6, 6.07) is 0. The molecule has 0 spiro atoms. The molecule has 4 bridgehead atoms. The molecule has 0 saturated heterocycles. The molecule has 19 heavy (non-hydrogen) atoms. The molecule has 4 heteroatoms. The van der Waals surface area contributed by atoms with E-state index >= 15 is 0 Å². The summed E-state index contributed by atoms with van der Waals surface area (Å²) in [6.07, 6.45) is 8.26. The first-order chi connectivity index (χ1) is 9.24. The zero-order valence-electron chi connectivity index (χ0n) is 12.1. The number of hydrogen-bond acceptors (Lipinski definition) is 3. The highest BCUT2D eigenvalue weighted by molar-refractivity contribution is 6.69. The summed E-state index contributed by atoms with van der Waals surface area (Å²) < 4.78 is 17.2. The summed E-state index contributed by atoms with van der Waals surface area (Å²) in [4.78, 5) is 0. The van der Waals surface area contributed by atoms with Gasteiger partial charge in [0.05, 0.1) is 0 Å². The van der Waals surface area contributed by atoms with Crippen molar-refractivity contribution in [2.24, 2.45) is 35.5 Å². The van der Waals surface area contributed by atoms with Gasteiger partial charge in [-0.05, 0) is 66.4 Å². The molecule has 3 saturated carbocycles. The van der Waals surface area contributed by atoms with E-state index in [1.807, 2.05) is 0 Å². The van der Waals surface area contributed by atoms with E-state index in [1.54, 1.807) is 21.3 Å². The van der Waals surface area contributed by atoms with E-state index in [0.29, 0.717) is 5.92 Å². The van der Waals surface area contributed by atoms with Crippen LogP contribution < -0.4 is 0 Å². The second kappa shape index (κ2) is 4.17. The number of fused-ring (bicyclic) bond motifs is 9. The summed E-state index contributed by atoms with van der Waals surface area (Å²) in [5.74, 6) is 5.36. The normalized spacial score (nSPS) is 46.8. The second-order valence-corrected chi connectivity index (χ2v) is 9.70. The van der Waals surface area contributed by atoms with E-state index in [1.165, 1.54) is 30.9 Å². The van der Waals surface area contributed by atoms with Crippen molar-refractivity contribution in [1.29, 1.82) is 0 Å². The van der Waals surface area contributed by atoms with E-state index in [4.69, 9.17) is 13.3 Å². The molecule has 106 valence electrons. The zero-order valence-corrected chi connectivity index (χ0v) is 13.1. The molecular weight excluding hydrogens is 256 g/mol. The Morgan fingerprint density at radius 2 is 1.58 bits per heavy atom. The molecule has 0 aromatic rings. The van der Waals surface area contributed by atoms with Crippen LogP contribution >= 0.6 is 0 Å². The predicted molar refractivity (Wildman–Crippen MR) is 74.3 cm³/mol. The molecule has 6 unspecified atom stereocenters. The summed E-state index contributed by atoms with van der Waals surface area (Å²) in [5, 5.41) is 1.40. The lowest BCUT2D eigenvalue weighted by Gasteiger charge is -2.38. The quantitative estimate of drug-likeness (QED) is 0.585. The van der Waals surface area contributed by atoms with Gasteiger partial charge in [-0.25, -0.2) is 0 Å². The van der Waals surface area contributed by atoms with Crippen molar-refractivity contribution < 1.29 is 13.3 Å². The highest BCUT2D eigenvalue weighted by Gasteiger charge is 2.64. The van der Waals surface area contributed by atoms with Crippen molar-refractivity contribution in [3.8, 4) is 0 Å². The van der Waals surface area contributed by atoms with Gasteiger partial charge in [-0.3, -0.25) is 0 Å². The standard InChI is InChI=1S/C15H24O3Si/c1-16-19(17-2,18-3)13-8-11-7-12(13)15-10-5-4-9(6-10)14(11)15/h8-12,14-15H,4-7H2,1-3H3. The van der Waals surface area contributed by atoms with Gasteiger partial charge in [0.2, 0.25) is 0 Å². The molecular formula is C15H24O3Si. The molecule has 3 nitrogen and oxygen atoms in total. The molecule has 0 aromatic heterocycles. The Kier molecular flexibility index (Phi) is 2.76. The largest absolute Gasteiger partial charge is 0.532 e. The van der Waals surface area contributed by atoms with E-state index in [0.717, 1.165) is 29.6 Å². The summed E-state index contributed by atoms with van der Waals surface area (Å²) in [7, 11) is 2.66. The summed E-state index contributed by atoms with van der Waals surface area (Å²) in [5.41, 5.74) is 0. The molecule has 4 aliphatic rings. The molecule has 0 aliphatic heterocycles. The molecule has 4 aliphatic carbocycles. The molecule has 6 atom stereocenters. The van der Waals surface area contributed by atoms with Crippen LogP contribution in [-0.4, -0.2) is 30.1 Å². The molecule has 4 rings (SSSR count). The first-order valence-electron chi connectivity index (χ1n) is 7.61. The van der Waals surface area contributed by atoms with Gasteiger partial charge in [0.1, 0.15) is 0 Å². The average molecular weight is 280 g/mol. The first-order valence-corrected chi connectivity index (χ1v) is 9.34. The monoisotopic (exact) mass is 280 g/mol. The van der Waals surface area contributed by atoms with Crippen molar-refractivity contribution >= 4 is 8.80 Å². The Morgan fingerprint density at radius 3 is 2.21 bits per heavy atom. The molecule has 0 N–H and O–H groups in total. The van der Waals surface area contributed by atoms with Gasteiger partial charge in [-0.1, -0.05) is 6.08 Å². The van der Waals surface area contributed by atoms with Crippen LogP contribution in [0.5, 0.6) is 0 Å². The number of rotatable bonds is 4. The van der Waals surface area contributed by atoms with E-state index in [2.05, 4.69) is 6.08 Å². The fraction of sp³-hybridized carbons (Fsp3) is 0.867.